The molecule has 210 valence electrons. The van der Waals surface area contributed by atoms with Gasteiger partial charge in [-0.25, -0.2) is 4.39 Å². The number of rotatable bonds is 8. The van der Waals surface area contributed by atoms with Gasteiger partial charge in [-0.1, -0.05) is 61.6 Å². The molecule has 1 aromatic heterocycles. The van der Waals surface area contributed by atoms with Crippen LogP contribution in [0.15, 0.2) is 65.5 Å². The van der Waals surface area contributed by atoms with Crippen molar-refractivity contribution in [3.63, 3.8) is 0 Å². The van der Waals surface area contributed by atoms with Gasteiger partial charge in [0.15, 0.2) is 0 Å². The van der Waals surface area contributed by atoms with Crippen LogP contribution in [0, 0.1) is 11.2 Å². The van der Waals surface area contributed by atoms with E-state index in [4.69, 9.17) is 50.0 Å². The molecule has 4 aromatic rings. The lowest BCUT2D eigenvalue weighted by Crippen LogP contribution is -2.43. The second-order valence-electron chi connectivity index (χ2n) is 10.3. The van der Waals surface area contributed by atoms with Crippen LogP contribution in [0.5, 0.6) is 5.75 Å². The van der Waals surface area contributed by atoms with Crippen LogP contribution in [-0.2, 0) is 9.53 Å². The van der Waals surface area contributed by atoms with Gasteiger partial charge in [0, 0.05) is 29.5 Å². The van der Waals surface area contributed by atoms with Crippen LogP contribution in [0.4, 0.5) is 4.39 Å². The molecule has 10 heteroatoms. The molecule has 0 bridgehead atoms. The van der Waals surface area contributed by atoms with Crippen LogP contribution in [0.1, 0.15) is 27.2 Å². The van der Waals surface area contributed by atoms with Crippen LogP contribution in [0.2, 0.25) is 15.1 Å². The fraction of sp³-hybridized carbons (Fsp3) is 0.267. The summed E-state index contributed by atoms with van der Waals surface area (Å²) in [7, 11) is 0. The molecule has 40 heavy (non-hydrogen) atoms. The lowest BCUT2D eigenvalue weighted by molar-refractivity contribution is -0.148. The number of carbonyl (C=O) groups excluding carboxylic acids is 1. The topological polar surface area (TPSA) is 83.6 Å². The first kappa shape index (κ1) is 29.9. The molecular weight excluding hydrogens is 578 g/mol. The molecule has 4 rings (SSSR count). The smallest absolute Gasteiger partial charge is 0.323 e. The summed E-state index contributed by atoms with van der Waals surface area (Å²) in [5, 5.41) is 1.39. The molecule has 0 fully saturated rings. The van der Waals surface area contributed by atoms with E-state index < -0.39 is 23.2 Å². The third-order valence-corrected chi connectivity index (χ3v) is 7.28. The summed E-state index contributed by atoms with van der Waals surface area (Å²) in [6.07, 6.45) is 0.394. The van der Waals surface area contributed by atoms with Crippen LogP contribution < -0.4 is 16.0 Å². The van der Waals surface area contributed by atoms with Gasteiger partial charge in [0.25, 0.3) is 5.56 Å². The van der Waals surface area contributed by atoms with Gasteiger partial charge in [0.2, 0.25) is 0 Å². The highest BCUT2D eigenvalue weighted by Crippen LogP contribution is 2.38. The molecule has 0 amide bonds. The maximum absolute atomic E-state index is 13.9. The molecule has 0 aliphatic heterocycles. The third kappa shape index (κ3) is 6.44. The van der Waals surface area contributed by atoms with Crippen molar-refractivity contribution in [1.82, 2.24) is 4.57 Å². The molecule has 0 saturated heterocycles. The van der Waals surface area contributed by atoms with Crippen molar-refractivity contribution in [1.29, 1.82) is 0 Å². The highest BCUT2D eigenvalue weighted by atomic mass is 35.5. The van der Waals surface area contributed by atoms with Crippen molar-refractivity contribution in [2.75, 3.05) is 13.2 Å². The van der Waals surface area contributed by atoms with Crippen molar-refractivity contribution < 1.29 is 18.7 Å². The van der Waals surface area contributed by atoms with Crippen molar-refractivity contribution in [2.24, 2.45) is 11.1 Å². The molecule has 1 heterocycles. The van der Waals surface area contributed by atoms with Crippen molar-refractivity contribution in [3.8, 4) is 22.6 Å². The van der Waals surface area contributed by atoms with E-state index in [2.05, 4.69) is 0 Å². The number of fused-ring (bicyclic) bond motifs is 1. The maximum Gasteiger partial charge on any atom is 0.323 e. The molecule has 0 saturated carbocycles. The Morgan fingerprint density at radius 3 is 2.30 bits per heavy atom. The molecule has 0 spiro atoms. The monoisotopic (exact) mass is 604 g/mol. The third-order valence-electron chi connectivity index (χ3n) is 6.36. The summed E-state index contributed by atoms with van der Waals surface area (Å²) in [5.41, 5.74) is 7.09. The second-order valence-corrected chi connectivity index (χ2v) is 11.5. The molecule has 1 atom stereocenters. The minimum atomic E-state index is -0.745. The molecule has 6 nitrogen and oxygen atoms in total. The van der Waals surface area contributed by atoms with E-state index in [0.717, 1.165) is 0 Å². The summed E-state index contributed by atoms with van der Waals surface area (Å²) in [6.45, 7) is 5.91. The predicted octanol–water partition coefficient (Wildman–Crippen LogP) is 7.44. The largest absolute Gasteiger partial charge is 0.493 e. The molecular formula is C30H28Cl3FN2O4. The van der Waals surface area contributed by atoms with E-state index in [1.807, 2.05) is 20.8 Å². The van der Waals surface area contributed by atoms with Gasteiger partial charge in [0.1, 0.15) is 17.6 Å². The Kier molecular flexibility index (Phi) is 9.10. The minimum Gasteiger partial charge on any atom is -0.493 e. The molecule has 0 unspecified atom stereocenters. The first-order valence-corrected chi connectivity index (χ1v) is 13.7. The van der Waals surface area contributed by atoms with Gasteiger partial charge in [0.05, 0.1) is 39.5 Å². The number of hydrogen-bond acceptors (Lipinski definition) is 5. The summed E-state index contributed by atoms with van der Waals surface area (Å²) in [4.78, 5) is 25.4. The summed E-state index contributed by atoms with van der Waals surface area (Å²) >= 11 is 19.4. The van der Waals surface area contributed by atoms with Gasteiger partial charge in [-0.3, -0.25) is 14.2 Å². The van der Waals surface area contributed by atoms with Gasteiger partial charge < -0.3 is 15.2 Å². The zero-order chi connectivity index (χ0) is 29.2. The maximum atomic E-state index is 13.9. The highest BCUT2D eigenvalue weighted by Gasteiger charge is 2.28. The second kappa shape index (κ2) is 12.2. The highest BCUT2D eigenvalue weighted by molar-refractivity contribution is 6.38. The zero-order valence-electron chi connectivity index (χ0n) is 22.1. The van der Waals surface area contributed by atoms with Crippen molar-refractivity contribution >= 4 is 51.7 Å². The lowest BCUT2D eigenvalue weighted by Gasteiger charge is -2.24. The first-order chi connectivity index (χ1) is 18.9. The zero-order valence-corrected chi connectivity index (χ0v) is 24.4. The van der Waals surface area contributed by atoms with E-state index in [0.29, 0.717) is 39.9 Å². The number of aromatic nitrogens is 1. The Morgan fingerprint density at radius 2 is 1.65 bits per heavy atom. The number of nitrogens with zero attached hydrogens (tertiary/aromatic N) is 1. The first-order valence-electron chi connectivity index (χ1n) is 12.5. The molecule has 3 aromatic carbocycles. The van der Waals surface area contributed by atoms with E-state index in [9.17, 15) is 14.0 Å². The molecule has 0 radical (unpaired) electrons. The average Bonchev–Trinajstić information content (AvgIpc) is 2.88. The number of nitrogens with two attached hydrogens (primary N) is 1. The standard InChI is InChI=1S/C30H28Cl3FN2O4/c1-30(2,3)28(35)29(38)40-13-5-12-39-18-15-21(19-9-8-17(34)14-24(19)33)20-10-11-26(37)36(25(20)16-18)27-22(31)6-4-7-23(27)32/h4,6-11,14-16,28H,5,12-13,35H2,1-3H3/t28-/m1/s1. The van der Waals surface area contributed by atoms with E-state index in [1.54, 1.807) is 42.5 Å². The number of carbonyl (C=O) groups is 1. The number of halogens is 4. The summed E-state index contributed by atoms with van der Waals surface area (Å²) in [6, 6.07) is 14.8. The van der Waals surface area contributed by atoms with E-state index in [-0.39, 0.29) is 33.8 Å². The number of ether oxygens (including phenoxy) is 2. The molecule has 0 aliphatic rings. The van der Waals surface area contributed by atoms with Gasteiger partial charge in [-0.05, 0) is 53.4 Å². The van der Waals surface area contributed by atoms with Crippen LogP contribution in [-0.4, -0.2) is 29.8 Å². The lowest BCUT2D eigenvalue weighted by atomic mass is 9.87. The Bertz CT molecular complexity index is 1610. The predicted molar refractivity (Wildman–Crippen MR) is 158 cm³/mol. The van der Waals surface area contributed by atoms with E-state index in [1.165, 1.54) is 22.8 Å². The Hall–Kier alpha value is -3.10. The average molecular weight is 606 g/mol. The van der Waals surface area contributed by atoms with Crippen LogP contribution in [0.3, 0.4) is 0 Å². The Morgan fingerprint density at radius 1 is 0.950 bits per heavy atom. The minimum absolute atomic E-state index is 0.118. The van der Waals surface area contributed by atoms with Gasteiger partial charge in [-0.15, -0.1) is 0 Å². The number of esters is 1. The van der Waals surface area contributed by atoms with Gasteiger partial charge >= 0.3 is 5.97 Å². The number of benzene rings is 3. The van der Waals surface area contributed by atoms with Crippen molar-refractivity contribution in [3.05, 3.63) is 91.9 Å². The Labute approximate surface area is 246 Å². The van der Waals surface area contributed by atoms with Crippen LogP contribution >= 0.6 is 34.8 Å². The van der Waals surface area contributed by atoms with Crippen LogP contribution in [0.25, 0.3) is 27.7 Å². The van der Waals surface area contributed by atoms with Gasteiger partial charge in [-0.2, -0.15) is 0 Å². The van der Waals surface area contributed by atoms with Crippen molar-refractivity contribution in [2.45, 2.75) is 33.2 Å². The normalized spacial score (nSPS) is 12.4. The summed E-state index contributed by atoms with van der Waals surface area (Å²) < 4.78 is 26.6. The SMILES string of the molecule is CC(C)(C)[C@H](N)C(=O)OCCCOc1cc(-c2ccc(F)cc2Cl)c2ccc(=O)n(-c3c(Cl)cccc3Cl)c2c1. The molecule has 0 aliphatic carbocycles. The van der Waals surface area contributed by atoms with E-state index >= 15 is 0 Å². The number of hydrogen-bond donors (Lipinski definition) is 1. The quantitative estimate of drug-likeness (QED) is 0.167. The fourth-order valence-electron chi connectivity index (χ4n) is 4.13. The molecule has 2 N–H and O–H groups in total. The number of para-hydroxylation sites is 1. The fourth-order valence-corrected chi connectivity index (χ4v) is 4.97. The summed E-state index contributed by atoms with van der Waals surface area (Å²) in [5.74, 6) is -0.554. The Balaban J connectivity index is 1.73. The number of pyridine rings is 1.